The highest BCUT2D eigenvalue weighted by molar-refractivity contribution is 6.03. The van der Waals surface area contributed by atoms with Gasteiger partial charge in [0.25, 0.3) is 0 Å². The van der Waals surface area contributed by atoms with Gasteiger partial charge in [0.15, 0.2) is 0 Å². The first-order valence-corrected chi connectivity index (χ1v) is 7.00. The van der Waals surface area contributed by atoms with Crippen molar-refractivity contribution in [3.05, 3.63) is 48.0 Å². The van der Waals surface area contributed by atoms with Crippen LogP contribution in [0.1, 0.15) is 11.1 Å². The van der Waals surface area contributed by atoms with Gasteiger partial charge in [0.1, 0.15) is 13.1 Å². The summed E-state index contributed by atoms with van der Waals surface area (Å²) in [6.07, 6.45) is 1.58. The average Bonchev–Trinajstić information content (AvgIpc) is 2.84. The van der Waals surface area contributed by atoms with Crippen LogP contribution in [-0.4, -0.2) is 47.3 Å². The van der Waals surface area contributed by atoms with Gasteiger partial charge in [0.2, 0.25) is 11.8 Å². The van der Waals surface area contributed by atoms with Crippen molar-refractivity contribution in [3.8, 4) is 6.07 Å². The molecule has 1 aliphatic rings. The predicted octanol–water partition coefficient (Wildman–Crippen LogP) is 0.625. The first kappa shape index (κ1) is 16.2. The fourth-order valence-electron chi connectivity index (χ4n) is 2.24. The summed E-state index contributed by atoms with van der Waals surface area (Å²) in [6.45, 7) is 3.93. The van der Waals surface area contributed by atoms with E-state index in [1.165, 1.54) is 4.90 Å². The molecule has 118 valence electrons. The zero-order valence-electron chi connectivity index (χ0n) is 12.5. The number of carbonyl (C=O) groups is 3. The van der Waals surface area contributed by atoms with Crippen molar-refractivity contribution in [2.45, 2.75) is 6.54 Å². The van der Waals surface area contributed by atoms with Gasteiger partial charge in [-0.05, 0) is 17.7 Å². The molecule has 23 heavy (non-hydrogen) atoms. The summed E-state index contributed by atoms with van der Waals surface area (Å²) in [5.41, 5.74) is 1.32. The van der Waals surface area contributed by atoms with Crippen molar-refractivity contribution in [3.63, 3.8) is 0 Å². The van der Waals surface area contributed by atoms with Crippen molar-refractivity contribution in [1.29, 1.82) is 5.26 Å². The fourth-order valence-corrected chi connectivity index (χ4v) is 2.24. The Balaban J connectivity index is 2.06. The molecular formula is C16H16N4O3. The number of rotatable bonds is 6. The second-order valence-corrected chi connectivity index (χ2v) is 5.08. The van der Waals surface area contributed by atoms with Gasteiger partial charge in [0.05, 0.1) is 11.6 Å². The van der Waals surface area contributed by atoms with Crippen molar-refractivity contribution in [2.75, 3.05) is 19.6 Å². The van der Waals surface area contributed by atoms with Gasteiger partial charge >= 0.3 is 6.03 Å². The van der Waals surface area contributed by atoms with Crippen LogP contribution in [-0.2, 0) is 16.1 Å². The predicted molar refractivity (Wildman–Crippen MR) is 81.9 cm³/mol. The molecule has 1 N–H and O–H groups in total. The minimum Gasteiger partial charge on any atom is -0.333 e. The quantitative estimate of drug-likeness (QED) is 0.615. The number of imide groups is 1. The molecule has 1 heterocycles. The Hall–Kier alpha value is -3.14. The summed E-state index contributed by atoms with van der Waals surface area (Å²) in [5.74, 6) is -0.711. The van der Waals surface area contributed by atoms with E-state index in [0.717, 1.165) is 10.5 Å². The van der Waals surface area contributed by atoms with Crippen LogP contribution < -0.4 is 5.32 Å². The summed E-state index contributed by atoms with van der Waals surface area (Å²) >= 11 is 0. The van der Waals surface area contributed by atoms with Crippen LogP contribution in [0.5, 0.6) is 0 Å². The highest BCUT2D eigenvalue weighted by atomic mass is 16.2. The van der Waals surface area contributed by atoms with Crippen molar-refractivity contribution < 1.29 is 14.4 Å². The zero-order valence-corrected chi connectivity index (χ0v) is 12.5. The molecule has 7 nitrogen and oxygen atoms in total. The summed E-state index contributed by atoms with van der Waals surface area (Å²) < 4.78 is 0. The lowest BCUT2D eigenvalue weighted by Gasteiger charge is -2.23. The number of amides is 4. The Morgan fingerprint density at radius 3 is 2.87 bits per heavy atom. The maximum Gasteiger partial charge on any atom is 0.325 e. The van der Waals surface area contributed by atoms with Crippen LogP contribution in [0.2, 0.25) is 0 Å². The molecule has 0 radical (unpaired) electrons. The number of nitrogens with one attached hydrogen (secondary N) is 1. The van der Waals surface area contributed by atoms with E-state index in [9.17, 15) is 14.4 Å². The monoisotopic (exact) mass is 312 g/mol. The molecule has 0 bridgehead atoms. The van der Waals surface area contributed by atoms with Gasteiger partial charge in [0, 0.05) is 13.1 Å². The SMILES string of the molecule is C=CCN(Cc1cccc(C#N)c1)C(=O)CN1CC(=O)NC1=O. The third-order valence-corrected chi connectivity index (χ3v) is 3.33. The molecule has 1 fully saturated rings. The molecule has 7 heteroatoms. The van der Waals surface area contributed by atoms with Gasteiger partial charge in [-0.2, -0.15) is 5.26 Å². The van der Waals surface area contributed by atoms with Crippen molar-refractivity contribution in [1.82, 2.24) is 15.1 Å². The standard InChI is InChI=1S/C16H16N4O3/c1-2-6-19(9-13-5-3-4-12(7-13)8-17)15(22)11-20-10-14(21)18-16(20)23/h2-5,7H,1,6,9-11H2,(H,18,21,23). The molecular weight excluding hydrogens is 296 g/mol. The highest BCUT2D eigenvalue weighted by Gasteiger charge is 2.29. The van der Waals surface area contributed by atoms with Crippen LogP contribution in [0.15, 0.2) is 36.9 Å². The lowest BCUT2D eigenvalue weighted by molar-refractivity contribution is -0.131. The summed E-state index contributed by atoms with van der Waals surface area (Å²) in [7, 11) is 0. The normalized spacial score (nSPS) is 13.4. The molecule has 1 aromatic rings. The largest absolute Gasteiger partial charge is 0.333 e. The topological polar surface area (TPSA) is 93.5 Å². The number of nitrogens with zero attached hydrogens (tertiary/aromatic N) is 3. The van der Waals surface area contributed by atoms with E-state index in [0.29, 0.717) is 18.7 Å². The minimum absolute atomic E-state index is 0.115. The van der Waals surface area contributed by atoms with Crippen molar-refractivity contribution in [2.24, 2.45) is 0 Å². The number of hydrogen-bond acceptors (Lipinski definition) is 4. The third-order valence-electron chi connectivity index (χ3n) is 3.33. The molecule has 0 spiro atoms. The van der Waals surface area contributed by atoms with E-state index in [4.69, 9.17) is 5.26 Å². The van der Waals surface area contributed by atoms with E-state index in [1.807, 2.05) is 12.1 Å². The van der Waals surface area contributed by atoms with Crippen molar-refractivity contribution >= 4 is 17.8 Å². The van der Waals surface area contributed by atoms with E-state index >= 15 is 0 Å². The minimum atomic E-state index is -0.562. The van der Waals surface area contributed by atoms with E-state index in [1.54, 1.807) is 24.3 Å². The fraction of sp³-hybridized carbons (Fsp3) is 0.250. The lowest BCUT2D eigenvalue weighted by Crippen LogP contribution is -2.41. The summed E-state index contributed by atoms with van der Waals surface area (Å²) in [5, 5.41) is 11.1. The van der Waals surface area contributed by atoms with Crippen LogP contribution in [0.3, 0.4) is 0 Å². The van der Waals surface area contributed by atoms with Crippen LogP contribution in [0.25, 0.3) is 0 Å². The maximum atomic E-state index is 12.4. The molecule has 1 aliphatic heterocycles. The number of urea groups is 1. The Kier molecular flexibility index (Phi) is 5.10. The number of nitriles is 1. The molecule has 0 atom stereocenters. The average molecular weight is 312 g/mol. The second kappa shape index (κ2) is 7.22. The van der Waals surface area contributed by atoms with Crippen LogP contribution in [0.4, 0.5) is 4.79 Å². The Labute approximate surface area is 133 Å². The number of carbonyl (C=O) groups excluding carboxylic acids is 3. The van der Waals surface area contributed by atoms with Gasteiger partial charge in [-0.3, -0.25) is 14.9 Å². The first-order valence-electron chi connectivity index (χ1n) is 7.00. The number of hydrogen-bond donors (Lipinski definition) is 1. The highest BCUT2D eigenvalue weighted by Crippen LogP contribution is 2.09. The van der Waals surface area contributed by atoms with Gasteiger partial charge in [-0.25, -0.2) is 4.79 Å². The van der Waals surface area contributed by atoms with E-state index in [-0.39, 0.29) is 19.0 Å². The molecule has 0 aliphatic carbocycles. The maximum absolute atomic E-state index is 12.4. The first-order chi connectivity index (χ1) is 11.0. The molecule has 0 aromatic heterocycles. The Bertz CT molecular complexity index is 693. The van der Waals surface area contributed by atoms with Gasteiger partial charge in [-0.15, -0.1) is 6.58 Å². The molecule has 4 amide bonds. The van der Waals surface area contributed by atoms with Crippen LogP contribution in [0, 0.1) is 11.3 Å². The number of benzene rings is 1. The Morgan fingerprint density at radius 1 is 1.48 bits per heavy atom. The molecule has 1 saturated heterocycles. The molecule has 1 aromatic carbocycles. The molecule has 2 rings (SSSR count). The smallest absolute Gasteiger partial charge is 0.325 e. The summed E-state index contributed by atoms with van der Waals surface area (Å²) in [4.78, 5) is 37.7. The summed E-state index contributed by atoms with van der Waals surface area (Å²) in [6, 6.07) is 8.44. The van der Waals surface area contributed by atoms with Gasteiger partial charge in [-0.1, -0.05) is 18.2 Å². The van der Waals surface area contributed by atoms with E-state index < -0.39 is 11.9 Å². The second-order valence-electron chi connectivity index (χ2n) is 5.08. The van der Waals surface area contributed by atoms with E-state index in [2.05, 4.69) is 11.9 Å². The molecule has 0 unspecified atom stereocenters. The Morgan fingerprint density at radius 2 is 2.26 bits per heavy atom. The molecule has 0 saturated carbocycles. The zero-order chi connectivity index (χ0) is 16.8. The van der Waals surface area contributed by atoms with Crippen LogP contribution >= 0.6 is 0 Å². The van der Waals surface area contributed by atoms with Gasteiger partial charge < -0.3 is 9.80 Å². The third kappa shape index (κ3) is 4.17. The lowest BCUT2D eigenvalue weighted by atomic mass is 10.1.